The van der Waals surface area contributed by atoms with E-state index >= 15 is 0 Å². The molecule has 0 aliphatic rings. The number of hydrogen-bond acceptors (Lipinski definition) is 3. The predicted molar refractivity (Wildman–Crippen MR) is 71.2 cm³/mol. The molecule has 1 amide bonds. The van der Waals surface area contributed by atoms with E-state index in [4.69, 9.17) is 0 Å². The molecular formula is C13H13N5O. The molecule has 0 saturated carbocycles. The van der Waals surface area contributed by atoms with Gasteiger partial charge in [0.15, 0.2) is 0 Å². The van der Waals surface area contributed by atoms with E-state index < -0.39 is 0 Å². The van der Waals surface area contributed by atoms with Crippen LogP contribution in [0.5, 0.6) is 0 Å². The standard InChI is InChI=1S/C13H13N5O/c1-14-13(19)10-5-9-3-4-18(12(9)15-6-10)11-7-16-17(2)8-11/h3-8H,1-2H3,(H,14,19). The number of pyridine rings is 1. The zero-order valence-electron chi connectivity index (χ0n) is 10.7. The second kappa shape index (κ2) is 4.24. The summed E-state index contributed by atoms with van der Waals surface area (Å²) in [4.78, 5) is 15.9. The van der Waals surface area contributed by atoms with Crippen molar-refractivity contribution in [3.63, 3.8) is 0 Å². The first-order valence-electron chi connectivity index (χ1n) is 5.87. The predicted octanol–water partition coefficient (Wildman–Crippen LogP) is 1.12. The first-order valence-corrected chi connectivity index (χ1v) is 5.87. The largest absolute Gasteiger partial charge is 0.355 e. The first kappa shape index (κ1) is 11.5. The number of carbonyl (C=O) groups is 1. The summed E-state index contributed by atoms with van der Waals surface area (Å²) in [5.74, 6) is -0.136. The van der Waals surface area contributed by atoms with Crippen molar-refractivity contribution < 1.29 is 4.79 Å². The summed E-state index contributed by atoms with van der Waals surface area (Å²) in [6, 6.07) is 3.76. The van der Waals surface area contributed by atoms with Gasteiger partial charge in [0.1, 0.15) is 5.65 Å². The molecule has 0 aliphatic heterocycles. The average Bonchev–Trinajstić information content (AvgIpc) is 3.02. The van der Waals surface area contributed by atoms with Gasteiger partial charge in [-0.1, -0.05) is 0 Å². The van der Waals surface area contributed by atoms with Gasteiger partial charge in [0.05, 0.1) is 17.4 Å². The number of fused-ring (bicyclic) bond motifs is 1. The number of hydrogen-bond donors (Lipinski definition) is 1. The summed E-state index contributed by atoms with van der Waals surface area (Å²) in [5.41, 5.74) is 2.30. The van der Waals surface area contributed by atoms with E-state index in [1.54, 1.807) is 24.1 Å². The number of aryl methyl sites for hydroxylation is 1. The van der Waals surface area contributed by atoms with Gasteiger partial charge in [-0.15, -0.1) is 0 Å². The third-order valence-corrected chi connectivity index (χ3v) is 2.99. The van der Waals surface area contributed by atoms with Crippen LogP contribution in [0, 0.1) is 0 Å². The zero-order valence-corrected chi connectivity index (χ0v) is 10.7. The topological polar surface area (TPSA) is 64.7 Å². The lowest BCUT2D eigenvalue weighted by Crippen LogP contribution is -2.17. The van der Waals surface area contributed by atoms with Gasteiger partial charge >= 0.3 is 0 Å². The maximum Gasteiger partial charge on any atom is 0.252 e. The van der Waals surface area contributed by atoms with Gasteiger partial charge in [0, 0.05) is 38.1 Å². The molecule has 96 valence electrons. The minimum atomic E-state index is -0.136. The van der Waals surface area contributed by atoms with Gasteiger partial charge in [-0.25, -0.2) is 4.98 Å². The van der Waals surface area contributed by atoms with Crippen molar-refractivity contribution in [3.8, 4) is 5.69 Å². The number of rotatable bonds is 2. The van der Waals surface area contributed by atoms with Crippen molar-refractivity contribution in [2.75, 3.05) is 7.05 Å². The number of amides is 1. The Balaban J connectivity index is 2.12. The lowest BCUT2D eigenvalue weighted by molar-refractivity contribution is 0.0963. The molecule has 1 N–H and O–H groups in total. The SMILES string of the molecule is CNC(=O)c1cnc2c(ccn2-c2cnn(C)c2)c1. The Bertz CT molecular complexity index is 755. The van der Waals surface area contributed by atoms with Crippen molar-refractivity contribution >= 4 is 16.9 Å². The summed E-state index contributed by atoms with van der Waals surface area (Å²) >= 11 is 0. The first-order chi connectivity index (χ1) is 9.19. The number of aromatic nitrogens is 4. The molecule has 0 unspecified atom stereocenters. The van der Waals surface area contributed by atoms with Crippen molar-refractivity contribution in [2.24, 2.45) is 7.05 Å². The molecule has 0 saturated heterocycles. The van der Waals surface area contributed by atoms with Crippen LogP contribution in [0.3, 0.4) is 0 Å². The summed E-state index contributed by atoms with van der Waals surface area (Å²) in [6.45, 7) is 0. The van der Waals surface area contributed by atoms with Crippen LogP contribution in [0.2, 0.25) is 0 Å². The van der Waals surface area contributed by atoms with Crippen molar-refractivity contribution in [2.45, 2.75) is 0 Å². The van der Waals surface area contributed by atoms with Crippen LogP contribution < -0.4 is 5.32 Å². The molecule has 6 nitrogen and oxygen atoms in total. The quantitative estimate of drug-likeness (QED) is 0.746. The van der Waals surface area contributed by atoms with Crippen LogP contribution >= 0.6 is 0 Å². The van der Waals surface area contributed by atoms with E-state index in [0.717, 1.165) is 16.7 Å². The summed E-state index contributed by atoms with van der Waals surface area (Å²) in [7, 11) is 3.47. The molecule has 3 aromatic heterocycles. The highest BCUT2D eigenvalue weighted by Crippen LogP contribution is 2.19. The van der Waals surface area contributed by atoms with Gasteiger partial charge in [0.25, 0.3) is 5.91 Å². The molecule has 0 spiro atoms. The van der Waals surface area contributed by atoms with Crippen LogP contribution in [0.4, 0.5) is 0 Å². The van der Waals surface area contributed by atoms with Crippen LogP contribution in [0.1, 0.15) is 10.4 Å². The highest BCUT2D eigenvalue weighted by Gasteiger charge is 2.09. The Morgan fingerprint density at radius 3 is 2.89 bits per heavy atom. The molecule has 0 bridgehead atoms. The molecule has 0 radical (unpaired) electrons. The maximum atomic E-state index is 11.6. The smallest absolute Gasteiger partial charge is 0.252 e. The van der Waals surface area contributed by atoms with E-state index in [1.165, 1.54) is 0 Å². The second-order valence-electron chi connectivity index (χ2n) is 4.27. The monoisotopic (exact) mass is 255 g/mol. The molecule has 3 aromatic rings. The van der Waals surface area contributed by atoms with Gasteiger partial charge in [0.2, 0.25) is 0 Å². The lowest BCUT2D eigenvalue weighted by atomic mass is 10.2. The summed E-state index contributed by atoms with van der Waals surface area (Å²) in [5, 5.41) is 7.65. The lowest BCUT2D eigenvalue weighted by Gasteiger charge is -2.02. The minimum absolute atomic E-state index is 0.136. The fourth-order valence-electron chi connectivity index (χ4n) is 2.03. The normalized spacial score (nSPS) is 10.8. The van der Waals surface area contributed by atoms with Crippen molar-refractivity contribution in [1.29, 1.82) is 0 Å². The second-order valence-corrected chi connectivity index (χ2v) is 4.27. The molecule has 3 rings (SSSR count). The Labute approximate surface area is 109 Å². The third kappa shape index (κ3) is 1.87. The zero-order chi connectivity index (χ0) is 13.4. The van der Waals surface area contributed by atoms with Crippen molar-refractivity contribution in [1.82, 2.24) is 24.6 Å². The maximum absolute atomic E-state index is 11.6. The third-order valence-electron chi connectivity index (χ3n) is 2.99. The summed E-state index contributed by atoms with van der Waals surface area (Å²) < 4.78 is 3.68. The van der Waals surface area contributed by atoms with Gasteiger partial charge in [-0.05, 0) is 12.1 Å². The van der Waals surface area contributed by atoms with E-state index in [-0.39, 0.29) is 5.91 Å². The van der Waals surface area contributed by atoms with Crippen LogP contribution in [0.15, 0.2) is 36.9 Å². The molecule has 0 fully saturated rings. The Morgan fingerprint density at radius 1 is 1.37 bits per heavy atom. The van der Waals surface area contributed by atoms with Gasteiger partial charge < -0.3 is 5.32 Å². The van der Waals surface area contributed by atoms with E-state index in [9.17, 15) is 4.79 Å². The molecule has 0 aromatic carbocycles. The van der Waals surface area contributed by atoms with Gasteiger partial charge in [-0.2, -0.15) is 5.10 Å². The van der Waals surface area contributed by atoms with Crippen LogP contribution in [-0.2, 0) is 7.05 Å². The van der Waals surface area contributed by atoms with Gasteiger partial charge in [-0.3, -0.25) is 14.0 Å². The molecule has 0 aliphatic carbocycles. The number of nitrogens with one attached hydrogen (secondary N) is 1. The number of nitrogens with zero attached hydrogens (tertiary/aromatic N) is 4. The minimum Gasteiger partial charge on any atom is -0.355 e. The summed E-state index contributed by atoms with van der Waals surface area (Å²) in [6.07, 6.45) is 7.18. The van der Waals surface area contributed by atoms with E-state index in [0.29, 0.717) is 5.56 Å². The van der Waals surface area contributed by atoms with Crippen LogP contribution in [0.25, 0.3) is 16.7 Å². The Hall–Kier alpha value is -2.63. The molecule has 19 heavy (non-hydrogen) atoms. The van der Waals surface area contributed by atoms with E-state index in [1.807, 2.05) is 36.1 Å². The number of carbonyl (C=O) groups excluding carboxylic acids is 1. The molecule has 0 atom stereocenters. The van der Waals surface area contributed by atoms with Crippen LogP contribution in [-0.4, -0.2) is 32.3 Å². The fraction of sp³-hybridized carbons (Fsp3) is 0.154. The Kier molecular flexibility index (Phi) is 2.56. The fourth-order valence-corrected chi connectivity index (χ4v) is 2.03. The van der Waals surface area contributed by atoms with Crippen molar-refractivity contribution in [3.05, 3.63) is 42.5 Å². The molecule has 3 heterocycles. The van der Waals surface area contributed by atoms with E-state index in [2.05, 4.69) is 15.4 Å². The Morgan fingerprint density at radius 2 is 2.21 bits per heavy atom. The molecular weight excluding hydrogens is 242 g/mol. The molecule has 6 heteroatoms. The average molecular weight is 255 g/mol. The highest BCUT2D eigenvalue weighted by molar-refractivity contribution is 5.96. The highest BCUT2D eigenvalue weighted by atomic mass is 16.1.